The van der Waals surface area contributed by atoms with Crippen LogP contribution < -0.4 is 10.9 Å². The number of hydrogen-bond acceptors (Lipinski definition) is 7. The number of rotatable bonds is 5. The van der Waals surface area contributed by atoms with Crippen LogP contribution >= 0.6 is 0 Å². The van der Waals surface area contributed by atoms with Crippen LogP contribution in [0.25, 0.3) is 27.9 Å². The van der Waals surface area contributed by atoms with E-state index in [-0.39, 0.29) is 34.0 Å². The highest BCUT2D eigenvalue weighted by atomic mass is 19.4. The van der Waals surface area contributed by atoms with Crippen molar-refractivity contribution < 1.29 is 13.2 Å². The molecule has 4 heterocycles. The molecule has 1 fully saturated rings. The van der Waals surface area contributed by atoms with Gasteiger partial charge in [-0.2, -0.15) is 22.8 Å². The van der Waals surface area contributed by atoms with Crippen LogP contribution in [-0.4, -0.2) is 34.3 Å². The van der Waals surface area contributed by atoms with Gasteiger partial charge in [0.05, 0.1) is 22.8 Å². The highest BCUT2D eigenvalue weighted by Gasteiger charge is 2.34. The molecule has 1 N–H and O–H groups in total. The van der Waals surface area contributed by atoms with Gasteiger partial charge in [-0.15, -0.1) is 5.10 Å². The van der Waals surface area contributed by atoms with Gasteiger partial charge >= 0.3 is 6.18 Å². The number of anilines is 2. The third kappa shape index (κ3) is 3.93. The zero-order valence-corrected chi connectivity index (χ0v) is 18.8. The van der Waals surface area contributed by atoms with E-state index in [2.05, 4.69) is 30.5 Å². The number of halogens is 3. The van der Waals surface area contributed by atoms with Crippen LogP contribution in [0.3, 0.4) is 0 Å². The molecule has 36 heavy (non-hydrogen) atoms. The summed E-state index contributed by atoms with van der Waals surface area (Å²) in [6.07, 6.45) is 3.71. The minimum absolute atomic E-state index is 0.0306. The first kappa shape index (κ1) is 22.1. The monoisotopic (exact) mass is 492 g/mol. The fourth-order valence-electron chi connectivity index (χ4n) is 4.25. The Balaban J connectivity index is 1.53. The maximum Gasteiger partial charge on any atom is 0.418 e. The molecular formula is C24H19F3N8O. The van der Waals surface area contributed by atoms with Crippen LogP contribution in [0, 0.1) is 5.92 Å². The summed E-state index contributed by atoms with van der Waals surface area (Å²) in [5, 5.41) is 11.9. The van der Waals surface area contributed by atoms with Crippen molar-refractivity contribution in [3.8, 4) is 11.4 Å². The Labute approximate surface area is 201 Å². The smallest absolute Gasteiger partial charge is 0.319 e. The van der Waals surface area contributed by atoms with E-state index in [0.717, 1.165) is 12.6 Å². The highest BCUT2D eigenvalue weighted by molar-refractivity contribution is 5.95. The summed E-state index contributed by atoms with van der Waals surface area (Å²) in [5.41, 5.74) is -1.000. The third-order valence-corrected chi connectivity index (χ3v) is 6.30. The van der Waals surface area contributed by atoms with Crippen molar-refractivity contribution in [2.24, 2.45) is 5.92 Å². The SMILES string of the molecule is O=c1nccccc1Nc1nc2c(C(F)(F)F)cccc2c2nc(-c3cnn(CC4CCC4)c3)nn12. The molecule has 1 saturated carbocycles. The van der Waals surface area contributed by atoms with Crippen molar-refractivity contribution in [2.75, 3.05) is 5.32 Å². The molecule has 0 atom stereocenters. The minimum Gasteiger partial charge on any atom is -0.319 e. The second-order valence-corrected chi connectivity index (χ2v) is 8.73. The fraction of sp³-hybridized carbons (Fsp3) is 0.250. The number of nitrogens with one attached hydrogen (secondary N) is 1. The van der Waals surface area contributed by atoms with Gasteiger partial charge in [0.15, 0.2) is 11.5 Å². The van der Waals surface area contributed by atoms with Crippen LogP contribution in [0.5, 0.6) is 0 Å². The molecule has 0 spiro atoms. The number of aromatic nitrogens is 7. The molecule has 0 aliphatic heterocycles. The Morgan fingerprint density at radius 3 is 2.72 bits per heavy atom. The molecule has 1 aliphatic carbocycles. The zero-order chi connectivity index (χ0) is 24.9. The number of alkyl halides is 3. The minimum atomic E-state index is -4.64. The third-order valence-electron chi connectivity index (χ3n) is 6.30. The van der Waals surface area contributed by atoms with Gasteiger partial charge in [0.2, 0.25) is 5.95 Å². The van der Waals surface area contributed by atoms with Crippen LogP contribution in [0.1, 0.15) is 24.8 Å². The fourth-order valence-corrected chi connectivity index (χ4v) is 4.25. The molecule has 6 rings (SSSR count). The number of benzene rings is 1. The van der Waals surface area contributed by atoms with Crippen molar-refractivity contribution in [1.82, 2.24) is 34.3 Å². The lowest BCUT2D eigenvalue weighted by Crippen LogP contribution is -2.18. The molecule has 0 unspecified atom stereocenters. The summed E-state index contributed by atoms with van der Waals surface area (Å²) < 4.78 is 44.6. The first-order valence-electron chi connectivity index (χ1n) is 11.4. The van der Waals surface area contributed by atoms with Gasteiger partial charge in [0, 0.05) is 24.3 Å². The summed E-state index contributed by atoms with van der Waals surface area (Å²) in [6.45, 7) is 0.796. The largest absolute Gasteiger partial charge is 0.418 e. The summed E-state index contributed by atoms with van der Waals surface area (Å²) >= 11 is 0. The van der Waals surface area contributed by atoms with E-state index in [9.17, 15) is 18.0 Å². The standard InChI is InChI=1S/C24H19F3N8O/c25-24(26,27)17-8-4-7-16-19(17)31-23(30-18-9-1-2-10-28-22(18)36)35-21(16)32-20(33-35)15-11-29-34(13-15)12-14-5-3-6-14/h1-2,4,7-11,13-14H,3,5-6,12H2,(H,28,30,31,36). The molecule has 1 aromatic carbocycles. The van der Waals surface area contributed by atoms with Crippen molar-refractivity contribution >= 4 is 28.2 Å². The Bertz CT molecular complexity index is 1660. The van der Waals surface area contributed by atoms with Crippen molar-refractivity contribution in [2.45, 2.75) is 32.0 Å². The second-order valence-electron chi connectivity index (χ2n) is 8.73. The van der Waals surface area contributed by atoms with Crippen LogP contribution in [-0.2, 0) is 12.7 Å². The predicted molar refractivity (Wildman–Crippen MR) is 126 cm³/mol. The predicted octanol–water partition coefficient (Wildman–Crippen LogP) is 4.46. The normalized spacial score (nSPS) is 14.3. The molecule has 0 amide bonds. The van der Waals surface area contributed by atoms with E-state index in [1.807, 2.05) is 10.9 Å². The van der Waals surface area contributed by atoms with Crippen molar-refractivity contribution in [3.05, 3.63) is 70.9 Å². The average Bonchev–Trinajstić information content (AvgIpc) is 3.42. The molecule has 9 nitrogen and oxygen atoms in total. The van der Waals surface area contributed by atoms with Gasteiger partial charge in [0.1, 0.15) is 5.69 Å². The van der Waals surface area contributed by atoms with Crippen molar-refractivity contribution in [3.63, 3.8) is 0 Å². The molecular weight excluding hydrogens is 473 g/mol. The van der Waals surface area contributed by atoms with Gasteiger partial charge in [-0.05, 0) is 43.0 Å². The van der Waals surface area contributed by atoms with E-state index in [4.69, 9.17) is 0 Å². The van der Waals surface area contributed by atoms with Gasteiger partial charge in [0.25, 0.3) is 5.56 Å². The van der Waals surface area contributed by atoms with Gasteiger partial charge in [-0.1, -0.05) is 18.6 Å². The lowest BCUT2D eigenvalue weighted by molar-refractivity contribution is -0.136. The molecule has 0 saturated heterocycles. The van der Waals surface area contributed by atoms with Gasteiger partial charge < -0.3 is 5.32 Å². The average molecular weight is 492 g/mol. The van der Waals surface area contributed by atoms with Crippen LogP contribution in [0.15, 0.2) is 59.8 Å². The molecule has 1 aliphatic rings. The lowest BCUT2D eigenvalue weighted by Gasteiger charge is -2.24. The summed E-state index contributed by atoms with van der Waals surface area (Å²) in [5.74, 6) is 0.780. The Morgan fingerprint density at radius 2 is 1.94 bits per heavy atom. The van der Waals surface area contributed by atoms with E-state index >= 15 is 0 Å². The highest BCUT2D eigenvalue weighted by Crippen LogP contribution is 2.36. The maximum absolute atomic E-state index is 13.8. The zero-order valence-electron chi connectivity index (χ0n) is 18.8. The Kier molecular flexibility index (Phi) is 5.16. The molecule has 0 radical (unpaired) electrons. The summed E-state index contributed by atoms with van der Waals surface area (Å²) in [6, 6.07) is 8.39. The number of para-hydroxylation sites is 1. The molecule has 5 aromatic rings. The van der Waals surface area contributed by atoms with E-state index in [0.29, 0.717) is 11.5 Å². The van der Waals surface area contributed by atoms with Gasteiger partial charge in [-0.3, -0.25) is 9.48 Å². The second kappa shape index (κ2) is 8.40. The lowest BCUT2D eigenvalue weighted by atomic mass is 9.85. The van der Waals surface area contributed by atoms with Crippen LogP contribution in [0.2, 0.25) is 0 Å². The molecule has 4 aromatic heterocycles. The number of hydrogen-bond donors (Lipinski definition) is 1. The number of fused-ring (bicyclic) bond motifs is 3. The number of nitrogens with zero attached hydrogens (tertiary/aromatic N) is 7. The van der Waals surface area contributed by atoms with Crippen molar-refractivity contribution in [1.29, 1.82) is 0 Å². The summed E-state index contributed by atoms with van der Waals surface area (Å²) in [7, 11) is 0. The molecule has 12 heteroatoms. The Hall–Kier alpha value is -4.35. The molecule has 182 valence electrons. The first-order valence-corrected chi connectivity index (χ1v) is 11.4. The summed E-state index contributed by atoms with van der Waals surface area (Å²) in [4.78, 5) is 24.9. The topological polar surface area (TPSA) is 103 Å². The van der Waals surface area contributed by atoms with Gasteiger partial charge in [-0.25, -0.2) is 15.0 Å². The molecule has 0 bridgehead atoms. The van der Waals surface area contributed by atoms with Crippen LogP contribution in [0.4, 0.5) is 24.8 Å². The van der Waals surface area contributed by atoms with E-state index in [1.54, 1.807) is 18.3 Å². The van der Waals surface area contributed by atoms with E-state index < -0.39 is 17.3 Å². The first-order chi connectivity index (χ1) is 17.4. The maximum atomic E-state index is 13.8. The quantitative estimate of drug-likeness (QED) is 0.386. The Morgan fingerprint density at radius 1 is 1.08 bits per heavy atom. The van der Waals surface area contributed by atoms with E-state index in [1.165, 1.54) is 48.2 Å².